The van der Waals surface area contributed by atoms with E-state index in [1.807, 2.05) is 6.07 Å². The van der Waals surface area contributed by atoms with Crippen LogP contribution in [0.25, 0.3) is 10.2 Å². The van der Waals surface area contributed by atoms with Gasteiger partial charge in [-0.05, 0) is 43.9 Å². The van der Waals surface area contributed by atoms with Crippen LogP contribution in [-0.4, -0.2) is 30.3 Å². The molecule has 1 aliphatic rings. The first-order valence-corrected chi connectivity index (χ1v) is 11.2. The van der Waals surface area contributed by atoms with Crippen molar-refractivity contribution in [2.45, 2.75) is 51.4 Å². The monoisotopic (exact) mass is 433 g/mol. The van der Waals surface area contributed by atoms with Crippen molar-refractivity contribution in [1.82, 2.24) is 10.3 Å². The van der Waals surface area contributed by atoms with Gasteiger partial charge in [-0.2, -0.15) is 13.2 Å². The fourth-order valence-corrected chi connectivity index (χ4v) is 5.09. The third-order valence-corrected chi connectivity index (χ3v) is 6.67. The third kappa shape index (κ3) is 5.32. The van der Waals surface area contributed by atoms with Gasteiger partial charge in [0, 0.05) is 47.8 Å². The van der Waals surface area contributed by atoms with Gasteiger partial charge in [-0.25, -0.2) is 4.98 Å². The van der Waals surface area contributed by atoms with E-state index in [-0.39, 0.29) is 0 Å². The Morgan fingerprint density at radius 2 is 1.93 bits per heavy atom. The van der Waals surface area contributed by atoms with Gasteiger partial charge in [-0.3, -0.25) is 0 Å². The number of fused-ring (bicyclic) bond motifs is 1. The minimum absolute atomic E-state index is 0.324. The van der Waals surface area contributed by atoms with E-state index in [4.69, 9.17) is 0 Å². The van der Waals surface area contributed by atoms with Crippen LogP contribution < -0.4 is 10.2 Å². The summed E-state index contributed by atoms with van der Waals surface area (Å²) in [7, 11) is 0. The Balaban J connectivity index is 1.42. The van der Waals surface area contributed by atoms with Crippen molar-refractivity contribution < 1.29 is 13.2 Å². The molecule has 1 fully saturated rings. The maximum absolute atomic E-state index is 12.8. The SMILES string of the molecule is Cc1ccc(CNC2CCCN(c3ccnc4sc(CC(F)(F)F)cc34)CC2)cc1. The summed E-state index contributed by atoms with van der Waals surface area (Å²) in [5.41, 5.74) is 3.55. The molecule has 1 N–H and O–H groups in total. The number of nitrogens with one attached hydrogen (secondary N) is 1. The first-order valence-electron chi connectivity index (χ1n) is 10.4. The highest BCUT2D eigenvalue weighted by atomic mass is 32.1. The van der Waals surface area contributed by atoms with Crippen LogP contribution >= 0.6 is 11.3 Å². The van der Waals surface area contributed by atoms with E-state index in [2.05, 4.69) is 46.4 Å². The highest BCUT2D eigenvalue weighted by Gasteiger charge is 2.29. The summed E-state index contributed by atoms with van der Waals surface area (Å²) in [6, 6.07) is 12.6. The van der Waals surface area contributed by atoms with Crippen LogP contribution in [0.2, 0.25) is 0 Å². The topological polar surface area (TPSA) is 28.2 Å². The molecule has 4 rings (SSSR count). The van der Waals surface area contributed by atoms with Crippen molar-refractivity contribution in [3.8, 4) is 0 Å². The summed E-state index contributed by atoms with van der Waals surface area (Å²) < 4.78 is 38.4. The second-order valence-corrected chi connectivity index (χ2v) is 9.15. The molecule has 0 spiro atoms. The summed E-state index contributed by atoms with van der Waals surface area (Å²) in [6.07, 6.45) is -0.217. The molecule has 1 atom stereocenters. The van der Waals surface area contributed by atoms with E-state index in [9.17, 15) is 13.2 Å². The van der Waals surface area contributed by atoms with Gasteiger partial charge < -0.3 is 10.2 Å². The first-order chi connectivity index (χ1) is 14.4. The summed E-state index contributed by atoms with van der Waals surface area (Å²) in [5, 5.41) is 4.52. The minimum atomic E-state index is -4.19. The lowest BCUT2D eigenvalue weighted by molar-refractivity contribution is -0.126. The molecule has 1 saturated heterocycles. The summed E-state index contributed by atoms with van der Waals surface area (Å²) in [5.74, 6) is 0. The largest absolute Gasteiger partial charge is 0.393 e. The lowest BCUT2D eigenvalue weighted by atomic mass is 10.1. The molecule has 1 unspecified atom stereocenters. The van der Waals surface area contributed by atoms with Gasteiger partial charge in [0.15, 0.2) is 0 Å². The number of halogens is 3. The van der Waals surface area contributed by atoms with Crippen LogP contribution in [-0.2, 0) is 13.0 Å². The van der Waals surface area contributed by atoms with Crippen LogP contribution in [0.1, 0.15) is 35.3 Å². The molecular weight excluding hydrogens is 407 g/mol. The summed E-state index contributed by atoms with van der Waals surface area (Å²) >= 11 is 1.14. The highest BCUT2D eigenvalue weighted by molar-refractivity contribution is 7.18. The number of aryl methyl sites for hydroxylation is 1. The zero-order chi connectivity index (χ0) is 21.1. The lowest BCUT2D eigenvalue weighted by Crippen LogP contribution is -2.30. The minimum Gasteiger partial charge on any atom is -0.371 e. The van der Waals surface area contributed by atoms with Crippen molar-refractivity contribution in [1.29, 1.82) is 0 Å². The van der Waals surface area contributed by atoms with Crippen molar-refractivity contribution in [2.75, 3.05) is 18.0 Å². The fourth-order valence-electron chi connectivity index (χ4n) is 4.05. The average molecular weight is 434 g/mol. The van der Waals surface area contributed by atoms with E-state index < -0.39 is 12.6 Å². The normalized spacial score (nSPS) is 18.0. The summed E-state index contributed by atoms with van der Waals surface area (Å²) in [4.78, 5) is 7.62. The number of thiophene rings is 1. The number of hydrogen-bond acceptors (Lipinski definition) is 4. The Morgan fingerprint density at radius 3 is 2.70 bits per heavy atom. The molecule has 1 aromatic carbocycles. The molecule has 160 valence electrons. The predicted molar refractivity (Wildman–Crippen MR) is 117 cm³/mol. The van der Waals surface area contributed by atoms with Gasteiger partial charge in [0.2, 0.25) is 0 Å². The molecule has 0 amide bonds. The van der Waals surface area contributed by atoms with Crippen LogP contribution in [0.4, 0.5) is 18.9 Å². The number of hydrogen-bond donors (Lipinski definition) is 1. The van der Waals surface area contributed by atoms with E-state index >= 15 is 0 Å². The number of nitrogens with zero attached hydrogens (tertiary/aromatic N) is 2. The smallest absolute Gasteiger partial charge is 0.371 e. The van der Waals surface area contributed by atoms with Crippen molar-refractivity contribution >= 4 is 27.2 Å². The van der Waals surface area contributed by atoms with E-state index in [1.165, 1.54) is 11.1 Å². The van der Waals surface area contributed by atoms with Gasteiger partial charge in [0.25, 0.3) is 0 Å². The number of rotatable bonds is 5. The zero-order valence-electron chi connectivity index (χ0n) is 17.0. The fraction of sp³-hybridized carbons (Fsp3) is 0.435. The molecule has 1 aliphatic heterocycles. The molecule has 2 aromatic heterocycles. The standard InChI is InChI=1S/C23H26F3N3S/c1-16-4-6-17(7-5-16)15-28-18-3-2-11-29(12-9-18)21-8-10-27-22-20(21)13-19(30-22)14-23(24,25)26/h4-8,10,13,18,28H,2-3,9,11-12,14-15H2,1H3. The van der Waals surface area contributed by atoms with E-state index in [0.717, 1.165) is 61.3 Å². The highest BCUT2D eigenvalue weighted by Crippen LogP contribution is 2.35. The predicted octanol–water partition coefficient (Wildman–Crippen LogP) is 5.86. The van der Waals surface area contributed by atoms with Gasteiger partial charge in [-0.15, -0.1) is 11.3 Å². The zero-order valence-corrected chi connectivity index (χ0v) is 17.8. The Labute approximate surface area is 178 Å². The van der Waals surface area contributed by atoms with Crippen LogP contribution in [0.3, 0.4) is 0 Å². The van der Waals surface area contributed by atoms with Crippen molar-refractivity contribution in [2.24, 2.45) is 0 Å². The quantitative estimate of drug-likeness (QED) is 0.546. The van der Waals surface area contributed by atoms with Gasteiger partial charge in [0.05, 0.1) is 6.42 Å². The first kappa shape index (κ1) is 21.1. The molecule has 3 aromatic rings. The molecule has 0 saturated carbocycles. The molecular formula is C23H26F3N3S. The molecule has 3 nitrogen and oxygen atoms in total. The van der Waals surface area contributed by atoms with E-state index in [1.54, 1.807) is 12.3 Å². The van der Waals surface area contributed by atoms with Crippen molar-refractivity contribution in [3.63, 3.8) is 0 Å². The van der Waals surface area contributed by atoms with Gasteiger partial charge >= 0.3 is 6.18 Å². The average Bonchev–Trinajstić information content (AvgIpc) is 2.94. The number of benzene rings is 1. The molecule has 0 aliphatic carbocycles. The molecule has 7 heteroatoms. The lowest BCUT2D eigenvalue weighted by Gasteiger charge is -2.23. The molecule has 3 heterocycles. The van der Waals surface area contributed by atoms with Crippen molar-refractivity contribution in [3.05, 3.63) is 58.6 Å². The number of anilines is 1. The Hall–Kier alpha value is -2.12. The van der Waals surface area contributed by atoms with E-state index in [0.29, 0.717) is 15.7 Å². The van der Waals surface area contributed by atoms with Gasteiger partial charge in [0.1, 0.15) is 4.83 Å². The number of alkyl halides is 3. The Kier molecular flexibility index (Phi) is 6.29. The van der Waals surface area contributed by atoms with Crippen LogP contribution in [0, 0.1) is 6.92 Å². The van der Waals surface area contributed by atoms with Crippen LogP contribution in [0.15, 0.2) is 42.6 Å². The van der Waals surface area contributed by atoms with Crippen LogP contribution in [0.5, 0.6) is 0 Å². The maximum Gasteiger partial charge on any atom is 0.393 e. The Bertz CT molecular complexity index is 982. The number of aromatic nitrogens is 1. The molecule has 0 radical (unpaired) electrons. The number of pyridine rings is 1. The maximum atomic E-state index is 12.8. The second-order valence-electron chi connectivity index (χ2n) is 8.03. The van der Waals surface area contributed by atoms with Gasteiger partial charge in [-0.1, -0.05) is 29.8 Å². The third-order valence-electron chi connectivity index (χ3n) is 5.62. The molecule has 30 heavy (non-hydrogen) atoms. The summed E-state index contributed by atoms with van der Waals surface area (Å²) in [6.45, 7) is 4.74. The second kappa shape index (κ2) is 8.94. The molecule has 0 bridgehead atoms. The Morgan fingerprint density at radius 1 is 1.13 bits per heavy atom.